The highest BCUT2D eigenvalue weighted by molar-refractivity contribution is 6.03. The molecule has 0 saturated carbocycles. The lowest BCUT2D eigenvalue weighted by molar-refractivity contribution is -0.149. The average molecular weight is 476 g/mol. The number of carbonyl (C=O) groups is 2. The summed E-state index contributed by atoms with van der Waals surface area (Å²) in [6.07, 6.45) is 2.15. The van der Waals surface area contributed by atoms with Crippen LogP contribution in [0, 0.1) is 33.6 Å². The van der Waals surface area contributed by atoms with Crippen LogP contribution in [0.2, 0.25) is 0 Å². The van der Waals surface area contributed by atoms with E-state index < -0.39 is 0 Å². The van der Waals surface area contributed by atoms with Crippen LogP contribution in [0.4, 0.5) is 0 Å². The van der Waals surface area contributed by atoms with Crippen LogP contribution in [0.15, 0.2) is 41.5 Å². The summed E-state index contributed by atoms with van der Waals surface area (Å²) < 4.78 is 5.18. The van der Waals surface area contributed by atoms with Gasteiger partial charge in [0.15, 0.2) is 0 Å². The summed E-state index contributed by atoms with van der Waals surface area (Å²) in [6.45, 7) is 12.4. The van der Waals surface area contributed by atoms with E-state index in [0.717, 1.165) is 29.7 Å². The highest BCUT2D eigenvalue weighted by Crippen LogP contribution is 2.35. The molecule has 0 bridgehead atoms. The van der Waals surface area contributed by atoms with E-state index in [-0.39, 0.29) is 23.8 Å². The number of amides is 1. The van der Waals surface area contributed by atoms with E-state index in [9.17, 15) is 9.59 Å². The summed E-state index contributed by atoms with van der Waals surface area (Å²) in [4.78, 5) is 27.8. The summed E-state index contributed by atoms with van der Waals surface area (Å²) >= 11 is 0. The van der Waals surface area contributed by atoms with E-state index in [2.05, 4.69) is 69.0 Å². The maximum absolute atomic E-state index is 13.6. The zero-order valence-electron chi connectivity index (χ0n) is 21.6. The number of aryl methyl sites for hydroxylation is 4. The van der Waals surface area contributed by atoms with Crippen molar-refractivity contribution in [2.24, 2.45) is 11.0 Å². The maximum atomic E-state index is 13.6. The number of hydrogen-bond acceptors (Lipinski definition) is 5. The van der Waals surface area contributed by atoms with Crippen LogP contribution in [-0.2, 0) is 14.3 Å². The third kappa shape index (κ3) is 5.64. The molecule has 0 N–H and O–H groups in total. The smallest absolute Gasteiger partial charge is 0.309 e. The Labute approximate surface area is 209 Å². The summed E-state index contributed by atoms with van der Waals surface area (Å²) in [5, 5.41) is 6.60. The van der Waals surface area contributed by atoms with Gasteiger partial charge in [0, 0.05) is 6.42 Å². The minimum Gasteiger partial charge on any atom is -0.466 e. The van der Waals surface area contributed by atoms with E-state index in [1.54, 1.807) is 5.01 Å². The summed E-state index contributed by atoms with van der Waals surface area (Å²) in [5.41, 5.74) is 8.01. The third-order valence-corrected chi connectivity index (χ3v) is 7.37. The zero-order valence-corrected chi connectivity index (χ0v) is 21.6. The van der Waals surface area contributed by atoms with Crippen molar-refractivity contribution < 1.29 is 14.3 Å². The van der Waals surface area contributed by atoms with Crippen molar-refractivity contribution in [3.05, 3.63) is 69.8 Å². The van der Waals surface area contributed by atoms with Crippen LogP contribution >= 0.6 is 0 Å². The lowest BCUT2D eigenvalue weighted by Crippen LogP contribution is -2.43. The maximum Gasteiger partial charge on any atom is 0.309 e. The predicted molar refractivity (Wildman–Crippen MR) is 138 cm³/mol. The van der Waals surface area contributed by atoms with Crippen molar-refractivity contribution >= 4 is 17.6 Å². The van der Waals surface area contributed by atoms with Gasteiger partial charge < -0.3 is 4.74 Å². The van der Waals surface area contributed by atoms with Gasteiger partial charge in [0.1, 0.15) is 0 Å². The fourth-order valence-corrected chi connectivity index (χ4v) is 5.05. The van der Waals surface area contributed by atoms with E-state index in [1.807, 2.05) is 6.92 Å². The molecule has 0 spiro atoms. The second-order valence-electron chi connectivity index (χ2n) is 9.97. The Balaban J connectivity index is 1.54. The molecular weight excluding hydrogens is 438 g/mol. The number of ether oxygens (including phenoxy) is 1. The molecule has 2 aromatic carbocycles. The highest BCUT2D eigenvalue weighted by Gasteiger charge is 2.35. The van der Waals surface area contributed by atoms with Crippen LogP contribution in [0.5, 0.6) is 0 Å². The van der Waals surface area contributed by atoms with Crippen LogP contribution in [0.25, 0.3) is 0 Å². The van der Waals surface area contributed by atoms with Gasteiger partial charge in [0.05, 0.1) is 30.8 Å². The van der Waals surface area contributed by atoms with Gasteiger partial charge in [0.25, 0.3) is 5.91 Å². The molecule has 1 amide bonds. The Kier molecular flexibility index (Phi) is 7.70. The Morgan fingerprint density at radius 2 is 1.69 bits per heavy atom. The molecule has 1 atom stereocenters. The van der Waals surface area contributed by atoms with Gasteiger partial charge in [0.2, 0.25) is 0 Å². The number of carbonyl (C=O) groups excluding carboxylic acids is 2. The van der Waals surface area contributed by atoms with Crippen LogP contribution in [0.1, 0.15) is 65.6 Å². The molecule has 4 rings (SSSR count). The first-order valence-electron chi connectivity index (χ1n) is 12.7. The van der Waals surface area contributed by atoms with Gasteiger partial charge >= 0.3 is 5.97 Å². The topological polar surface area (TPSA) is 62.2 Å². The van der Waals surface area contributed by atoms with Crippen molar-refractivity contribution in [3.63, 3.8) is 0 Å². The number of piperidine rings is 1. The first-order chi connectivity index (χ1) is 16.8. The quantitative estimate of drug-likeness (QED) is 0.559. The minimum absolute atomic E-state index is 0.00400. The van der Waals surface area contributed by atoms with Gasteiger partial charge in [-0.25, -0.2) is 5.01 Å². The first-order valence-corrected chi connectivity index (χ1v) is 12.7. The Bertz CT molecular complexity index is 1130. The lowest BCUT2D eigenvalue weighted by Gasteiger charge is -2.32. The largest absolute Gasteiger partial charge is 0.466 e. The first kappa shape index (κ1) is 25.1. The summed E-state index contributed by atoms with van der Waals surface area (Å²) in [5.74, 6) is -0.176. The third-order valence-electron chi connectivity index (χ3n) is 7.37. The molecular formula is C29H37N3O3. The van der Waals surface area contributed by atoms with E-state index >= 15 is 0 Å². The average Bonchev–Trinajstić information content (AvgIpc) is 3.28. The Hall–Kier alpha value is -2.99. The van der Waals surface area contributed by atoms with Crippen LogP contribution in [0.3, 0.4) is 0 Å². The Morgan fingerprint density at radius 1 is 0.971 bits per heavy atom. The van der Waals surface area contributed by atoms with E-state index in [4.69, 9.17) is 9.84 Å². The molecule has 0 radical (unpaired) electrons. The predicted octanol–water partition coefficient (Wildman–Crippen LogP) is 4.87. The van der Waals surface area contributed by atoms with Crippen LogP contribution < -0.4 is 0 Å². The number of esters is 1. The number of rotatable bonds is 6. The van der Waals surface area contributed by atoms with Crippen molar-refractivity contribution in [3.8, 4) is 0 Å². The van der Waals surface area contributed by atoms with Gasteiger partial charge in [-0.3, -0.25) is 14.5 Å². The summed E-state index contributed by atoms with van der Waals surface area (Å²) in [7, 11) is 0. The van der Waals surface area contributed by atoms with Crippen molar-refractivity contribution in [2.45, 2.75) is 59.9 Å². The van der Waals surface area contributed by atoms with Crippen molar-refractivity contribution in [1.82, 2.24) is 9.91 Å². The van der Waals surface area contributed by atoms with E-state index in [1.165, 1.54) is 22.3 Å². The molecule has 1 unspecified atom stereocenters. The molecule has 2 aliphatic rings. The minimum atomic E-state index is -0.115. The highest BCUT2D eigenvalue weighted by atomic mass is 16.5. The fourth-order valence-electron chi connectivity index (χ4n) is 5.05. The van der Waals surface area contributed by atoms with Gasteiger partial charge in [-0.1, -0.05) is 35.9 Å². The molecule has 2 aromatic rings. The Morgan fingerprint density at radius 3 is 2.37 bits per heavy atom. The molecule has 0 aliphatic carbocycles. The summed E-state index contributed by atoms with van der Waals surface area (Å²) in [6, 6.07) is 12.7. The van der Waals surface area contributed by atoms with Crippen LogP contribution in [-0.4, -0.2) is 53.7 Å². The van der Waals surface area contributed by atoms with Gasteiger partial charge in [-0.2, -0.15) is 5.10 Å². The lowest BCUT2D eigenvalue weighted by atomic mass is 9.93. The molecule has 2 aliphatic heterocycles. The van der Waals surface area contributed by atoms with Gasteiger partial charge in [-0.15, -0.1) is 0 Å². The molecule has 2 heterocycles. The van der Waals surface area contributed by atoms with Crippen molar-refractivity contribution in [1.29, 1.82) is 0 Å². The number of benzene rings is 2. The van der Waals surface area contributed by atoms with Crippen molar-refractivity contribution in [2.75, 3.05) is 26.2 Å². The standard InChI is InChI=1S/C29H37N3O3/c1-6-35-29(34)23-11-13-31(14-12-23)18-28(33)32-27(25-15-19(2)7-8-21(25)4)17-26(30-32)24-10-9-20(3)22(5)16-24/h7-10,15-16,23,27H,6,11-14,17-18H2,1-5H3. The monoisotopic (exact) mass is 475 g/mol. The second-order valence-corrected chi connectivity index (χ2v) is 9.97. The molecule has 0 aromatic heterocycles. The molecule has 1 saturated heterocycles. The number of likely N-dealkylation sites (tertiary alicyclic amines) is 1. The molecule has 6 nitrogen and oxygen atoms in total. The molecule has 1 fully saturated rings. The fraction of sp³-hybridized carbons (Fsp3) is 0.483. The number of hydrazone groups is 1. The SMILES string of the molecule is CCOC(=O)C1CCN(CC(=O)N2N=C(c3ccc(C)c(C)c3)CC2c2cc(C)ccc2C)CC1. The molecule has 186 valence electrons. The normalized spacial score (nSPS) is 19.1. The molecule has 35 heavy (non-hydrogen) atoms. The van der Waals surface area contributed by atoms with E-state index in [0.29, 0.717) is 32.7 Å². The van der Waals surface area contributed by atoms with Gasteiger partial charge in [-0.05, 0) is 94.4 Å². The number of hydrogen-bond donors (Lipinski definition) is 0. The number of nitrogens with zero attached hydrogens (tertiary/aromatic N) is 3. The zero-order chi connectivity index (χ0) is 25.1. The second kappa shape index (κ2) is 10.7. The molecule has 6 heteroatoms.